The van der Waals surface area contributed by atoms with Gasteiger partial charge >= 0.3 is 0 Å². The predicted octanol–water partition coefficient (Wildman–Crippen LogP) is 20.7. The molecule has 0 aliphatic heterocycles. The highest BCUT2D eigenvalue weighted by Gasteiger charge is 2.18. The molecule has 0 aliphatic carbocycles. The van der Waals surface area contributed by atoms with E-state index in [1.54, 1.807) is 0 Å². The van der Waals surface area contributed by atoms with Gasteiger partial charge in [0.05, 0.1) is 11.0 Å². The molecule has 2 aromatic heterocycles. The third-order valence-corrected chi connectivity index (χ3v) is 16.7. The summed E-state index contributed by atoms with van der Waals surface area (Å²) < 4.78 is 5.06. The lowest BCUT2D eigenvalue weighted by atomic mass is 9.96. The van der Waals surface area contributed by atoms with E-state index in [0.29, 0.717) is 0 Å². The summed E-state index contributed by atoms with van der Waals surface area (Å²) in [6.45, 7) is 0. The molecule has 0 spiro atoms. The van der Waals surface area contributed by atoms with E-state index in [1.165, 1.54) is 113 Å². The summed E-state index contributed by atoms with van der Waals surface area (Å²) >= 11 is 1.90. The molecule has 0 aliphatic rings. The molecule has 0 amide bonds. The lowest BCUT2D eigenvalue weighted by Crippen LogP contribution is -2.09. The van der Waals surface area contributed by atoms with Gasteiger partial charge in [0.15, 0.2) is 0 Å². The van der Waals surface area contributed by atoms with E-state index in [-0.39, 0.29) is 0 Å². The largest absolute Gasteiger partial charge is 0.311 e. The van der Waals surface area contributed by atoms with Crippen LogP contribution in [0.2, 0.25) is 0 Å². The second-order valence-corrected chi connectivity index (χ2v) is 20.7. The second-order valence-electron chi connectivity index (χ2n) is 19.6. The van der Waals surface area contributed by atoms with Gasteiger partial charge in [-0.1, -0.05) is 212 Å². The molecule has 75 heavy (non-hydrogen) atoms. The molecule has 2 nitrogen and oxygen atoms in total. The standard InChI is InChI=1S/C72H46N2S/c1-3-15-61-51(11-1)27-28-56-45-55(36-43-62(56)61)49-25-23-47(24-26-49)48-29-37-57(38-30-48)73(59-41-33-53(34-42-59)64-19-10-20-67-68-44-35-52-12-2-4-16-63(52)72(68)75-71(64)67)58-39-31-50(32-40-58)54-13-9-14-60(46-54)74-69-21-7-5-17-65(69)66-18-6-8-22-70(66)74/h1-46H. The maximum atomic E-state index is 2.39. The topological polar surface area (TPSA) is 8.17 Å². The highest BCUT2D eigenvalue weighted by atomic mass is 32.1. The minimum absolute atomic E-state index is 1.09. The molecule has 15 aromatic rings. The Morgan fingerprint density at radius 1 is 0.253 bits per heavy atom. The van der Waals surface area contributed by atoms with Crippen molar-refractivity contribution in [3.8, 4) is 50.2 Å². The molecule has 0 bridgehead atoms. The summed E-state index contributed by atoms with van der Waals surface area (Å²) in [5, 5.41) is 12.8. The fraction of sp³-hybridized carbons (Fsp3) is 0. The molecule has 0 fully saturated rings. The summed E-state index contributed by atoms with van der Waals surface area (Å²) in [6.07, 6.45) is 0. The number of hydrogen-bond acceptors (Lipinski definition) is 2. The summed E-state index contributed by atoms with van der Waals surface area (Å²) in [5.41, 5.74) is 16.4. The van der Waals surface area contributed by atoms with Crippen molar-refractivity contribution in [1.29, 1.82) is 0 Å². The first-order chi connectivity index (χ1) is 37.2. The first-order valence-electron chi connectivity index (χ1n) is 25.7. The molecular formula is C72H46N2S. The average molecular weight is 971 g/mol. The molecule has 0 unspecified atom stereocenters. The van der Waals surface area contributed by atoms with Crippen molar-refractivity contribution in [3.05, 3.63) is 279 Å². The van der Waals surface area contributed by atoms with Gasteiger partial charge < -0.3 is 9.47 Å². The normalized spacial score (nSPS) is 11.7. The zero-order valence-corrected chi connectivity index (χ0v) is 41.7. The van der Waals surface area contributed by atoms with Crippen LogP contribution in [0, 0.1) is 0 Å². The quantitative estimate of drug-likeness (QED) is 0.138. The van der Waals surface area contributed by atoms with Crippen molar-refractivity contribution < 1.29 is 0 Å². The van der Waals surface area contributed by atoms with Crippen LogP contribution in [-0.4, -0.2) is 4.57 Å². The van der Waals surface area contributed by atoms with Gasteiger partial charge in [-0.3, -0.25) is 0 Å². The van der Waals surface area contributed by atoms with Crippen LogP contribution in [0.1, 0.15) is 0 Å². The van der Waals surface area contributed by atoms with E-state index >= 15 is 0 Å². The zero-order valence-electron chi connectivity index (χ0n) is 40.9. The average Bonchev–Trinajstić information content (AvgIpc) is 4.07. The molecule has 2 heterocycles. The van der Waals surface area contributed by atoms with Crippen LogP contribution in [0.4, 0.5) is 17.1 Å². The van der Waals surface area contributed by atoms with Crippen LogP contribution in [0.3, 0.4) is 0 Å². The van der Waals surface area contributed by atoms with Crippen LogP contribution < -0.4 is 4.90 Å². The number of anilines is 3. The monoisotopic (exact) mass is 970 g/mol. The van der Waals surface area contributed by atoms with E-state index < -0.39 is 0 Å². The van der Waals surface area contributed by atoms with E-state index in [0.717, 1.165) is 28.3 Å². The van der Waals surface area contributed by atoms with Gasteiger partial charge in [0.1, 0.15) is 0 Å². The highest BCUT2D eigenvalue weighted by molar-refractivity contribution is 7.27. The maximum absolute atomic E-state index is 2.39. The molecule has 15 rings (SSSR count). The zero-order chi connectivity index (χ0) is 49.4. The summed E-state index contributed by atoms with van der Waals surface area (Å²) in [6, 6.07) is 103. The maximum Gasteiger partial charge on any atom is 0.0541 e. The number of rotatable bonds is 8. The molecule has 0 atom stereocenters. The number of fused-ring (bicyclic) bond motifs is 11. The van der Waals surface area contributed by atoms with E-state index in [4.69, 9.17) is 0 Å². The van der Waals surface area contributed by atoms with E-state index in [9.17, 15) is 0 Å². The van der Waals surface area contributed by atoms with Gasteiger partial charge in [0.25, 0.3) is 0 Å². The van der Waals surface area contributed by atoms with Gasteiger partial charge in [-0.2, -0.15) is 0 Å². The third-order valence-electron chi connectivity index (χ3n) is 15.4. The Balaban J connectivity index is 0.779. The number of nitrogens with zero attached hydrogens (tertiary/aromatic N) is 2. The van der Waals surface area contributed by atoms with Gasteiger partial charge in [-0.25, -0.2) is 0 Å². The minimum Gasteiger partial charge on any atom is -0.311 e. The Hall–Kier alpha value is -9.54. The van der Waals surface area contributed by atoms with E-state index in [2.05, 4.69) is 289 Å². The van der Waals surface area contributed by atoms with E-state index in [1.807, 2.05) is 11.3 Å². The van der Waals surface area contributed by atoms with Crippen LogP contribution in [0.25, 0.3) is 124 Å². The molecule has 350 valence electrons. The smallest absolute Gasteiger partial charge is 0.0541 e. The second kappa shape index (κ2) is 17.6. The van der Waals surface area contributed by atoms with Crippen LogP contribution in [0.15, 0.2) is 279 Å². The summed E-state index contributed by atoms with van der Waals surface area (Å²) in [4.78, 5) is 2.38. The van der Waals surface area contributed by atoms with Gasteiger partial charge in [-0.15, -0.1) is 11.3 Å². The van der Waals surface area contributed by atoms with Crippen molar-refractivity contribution in [2.75, 3.05) is 4.90 Å². The Morgan fingerprint density at radius 2 is 0.680 bits per heavy atom. The van der Waals surface area contributed by atoms with Crippen molar-refractivity contribution in [3.63, 3.8) is 0 Å². The van der Waals surface area contributed by atoms with Crippen molar-refractivity contribution in [2.45, 2.75) is 0 Å². The highest BCUT2D eigenvalue weighted by Crippen LogP contribution is 2.44. The van der Waals surface area contributed by atoms with Crippen molar-refractivity contribution in [1.82, 2.24) is 4.57 Å². The first-order valence-corrected chi connectivity index (χ1v) is 26.5. The molecular weight excluding hydrogens is 925 g/mol. The molecule has 13 aromatic carbocycles. The molecule has 0 saturated carbocycles. The Bertz CT molecular complexity index is 4620. The van der Waals surface area contributed by atoms with Gasteiger partial charge in [0, 0.05) is 53.7 Å². The Labute approximate surface area is 438 Å². The fourth-order valence-corrected chi connectivity index (χ4v) is 13.0. The first kappa shape index (κ1) is 43.1. The van der Waals surface area contributed by atoms with Gasteiger partial charge in [-0.05, 0) is 144 Å². The molecule has 3 heteroatoms. The number of para-hydroxylation sites is 2. The lowest BCUT2D eigenvalue weighted by molar-refractivity contribution is 1.18. The summed E-state index contributed by atoms with van der Waals surface area (Å²) in [5.74, 6) is 0. The summed E-state index contributed by atoms with van der Waals surface area (Å²) in [7, 11) is 0. The van der Waals surface area contributed by atoms with Crippen LogP contribution in [0.5, 0.6) is 0 Å². The third kappa shape index (κ3) is 7.31. The molecule has 0 saturated heterocycles. The number of hydrogen-bond donors (Lipinski definition) is 0. The van der Waals surface area contributed by atoms with Crippen LogP contribution in [-0.2, 0) is 0 Å². The SMILES string of the molecule is c1cc(-c2ccc(N(c3ccc(-c4ccc(-c5ccc6c(ccc7ccccc76)c5)cc4)cc3)c3ccc(-c4cccc5c4sc4c6ccccc6ccc54)cc3)cc2)cc(-n2c3ccccc3c3ccccc32)c1. The van der Waals surface area contributed by atoms with Crippen molar-refractivity contribution in [2.24, 2.45) is 0 Å². The lowest BCUT2D eigenvalue weighted by Gasteiger charge is -2.26. The Morgan fingerprint density at radius 3 is 1.33 bits per heavy atom. The predicted molar refractivity (Wildman–Crippen MR) is 323 cm³/mol. The van der Waals surface area contributed by atoms with Crippen molar-refractivity contribution >= 4 is 103 Å². The number of thiophene rings is 1. The molecule has 0 N–H and O–H groups in total. The molecule has 0 radical (unpaired) electrons. The minimum atomic E-state index is 1.09. The van der Waals surface area contributed by atoms with Gasteiger partial charge in [0.2, 0.25) is 0 Å². The van der Waals surface area contributed by atoms with Crippen LogP contribution >= 0.6 is 11.3 Å². The number of aromatic nitrogens is 1. The number of benzene rings is 13. The Kier molecular flexibility index (Phi) is 10.1. The fourth-order valence-electron chi connectivity index (χ4n) is 11.7.